The third-order valence-corrected chi connectivity index (χ3v) is 6.48. The fraction of sp³-hybridized carbons (Fsp3) is 0.429. The molecule has 2 aliphatic heterocycles. The van der Waals surface area contributed by atoms with E-state index in [-0.39, 0.29) is 5.82 Å². The molecule has 1 saturated heterocycles. The summed E-state index contributed by atoms with van der Waals surface area (Å²) in [5, 5.41) is 0. The Balaban J connectivity index is 1.75. The van der Waals surface area contributed by atoms with E-state index in [1.165, 1.54) is 16.0 Å². The van der Waals surface area contributed by atoms with Gasteiger partial charge >= 0.3 is 0 Å². The van der Waals surface area contributed by atoms with Gasteiger partial charge in [0.25, 0.3) is 0 Å². The highest BCUT2D eigenvalue weighted by molar-refractivity contribution is 7.99. The summed E-state index contributed by atoms with van der Waals surface area (Å²) in [6, 6.07) is 11.9. The topological polar surface area (TPSA) is 15.7 Å². The molecule has 0 aliphatic carbocycles. The number of hydrogen-bond donors (Lipinski definition) is 0. The predicted octanol–water partition coefficient (Wildman–Crippen LogP) is 4.22. The summed E-state index contributed by atoms with van der Waals surface area (Å²) in [6.07, 6.45) is 0.912. The van der Waals surface area contributed by atoms with Gasteiger partial charge in [-0.2, -0.15) is 0 Å². The van der Waals surface area contributed by atoms with Gasteiger partial charge in [-0.3, -0.25) is 4.90 Å². The largest absolute Gasteiger partial charge is 0.494 e. The summed E-state index contributed by atoms with van der Waals surface area (Å²) in [6.45, 7) is 6.95. The van der Waals surface area contributed by atoms with Crippen molar-refractivity contribution in [2.45, 2.75) is 29.2 Å². The molecular weight excluding hydrogens is 347 g/mol. The lowest BCUT2D eigenvalue weighted by Gasteiger charge is -2.38. The molecule has 3 nitrogen and oxygen atoms in total. The maximum absolute atomic E-state index is 13.8. The van der Waals surface area contributed by atoms with Gasteiger partial charge in [0.15, 0.2) is 0 Å². The maximum Gasteiger partial charge on any atom is 0.124 e. The quantitative estimate of drug-likeness (QED) is 0.801. The first-order valence-corrected chi connectivity index (χ1v) is 10.1. The van der Waals surface area contributed by atoms with Crippen molar-refractivity contribution < 1.29 is 9.13 Å². The minimum absolute atomic E-state index is 0.165. The predicted molar refractivity (Wildman–Crippen MR) is 104 cm³/mol. The first-order valence-electron chi connectivity index (χ1n) is 9.29. The van der Waals surface area contributed by atoms with Crippen molar-refractivity contribution in [3.8, 4) is 5.75 Å². The van der Waals surface area contributed by atoms with Crippen molar-refractivity contribution in [3.63, 3.8) is 0 Å². The highest BCUT2D eigenvalue weighted by atomic mass is 32.2. The van der Waals surface area contributed by atoms with E-state index in [2.05, 4.69) is 29.0 Å². The molecule has 5 heteroatoms. The number of ether oxygens (including phenoxy) is 1. The Morgan fingerprint density at radius 2 is 1.88 bits per heavy atom. The Bertz CT molecular complexity index is 790. The Morgan fingerprint density at radius 1 is 1.08 bits per heavy atom. The molecule has 0 spiro atoms. The number of halogens is 1. The zero-order valence-corrected chi connectivity index (χ0v) is 16.2. The molecule has 2 heterocycles. The number of rotatable bonds is 3. The Kier molecular flexibility index (Phi) is 5.20. The maximum atomic E-state index is 13.8. The average Bonchev–Trinajstić information content (AvgIpc) is 2.79. The lowest BCUT2D eigenvalue weighted by atomic mass is 9.96. The van der Waals surface area contributed by atoms with E-state index in [1.54, 1.807) is 23.9 Å². The van der Waals surface area contributed by atoms with Crippen molar-refractivity contribution in [1.82, 2.24) is 9.80 Å². The smallest absolute Gasteiger partial charge is 0.124 e. The third kappa shape index (κ3) is 3.61. The number of hydrogen-bond acceptors (Lipinski definition) is 4. The van der Waals surface area contributed by atoms with E-state index in [1.807, 2.05) is 19.1 Å². The van der Waals surface area contributed by atoms with Gasteiger partial charge in [-0.15, -0.1) is 0 Å². The summed E-state index contributed by atoms with van der Waals surface area (Å²) in [7, 11) is 2.18. The minimum Gasteiger partial charge on any atom is -0.494 e. The van der Waals surface area contributed by atoms with Crippen molar-refractivity contribution in [1.29, 1.82) is 0 Å². The number of likely N-dealkylation sites (N-methyl/N-ethyl adjacent to an activating group) is 1. The van der Waals surface area contributed by atoms with Gasteiger partial charge < -0.3 is 9.64 Å². The zero-order valence-electron chi connectivity index (χ0n) is 15.4. The van der Waals surface area contributed by atoms with Crippen LogP contribution in [0.5, 0.6) is 5.75 Å². The van der Waals surface area contributed by atoms with Crippen LogP contribution in [0.1, 0.15) is 24.1 Å². The van der Waals surface area contributed by atoms with Crippen LogP contribution in [0, 0.1) is 5.82 Å². The molecule has 0 aromatic heterocycles. The molecule has 2 aromatic carbocycles. The molecule has 26 heavy (non-hydrogen) atoms. The summed E-state index contributed by atoms with van der Waals surface area (Å²) in [4.78, 5) is 7.20. The molecule has 1 atom stereocenters. The fourth-order valence-electron chi connectivity index (χ4n) is 3.82. The first kappa shape index (κ1) is 17.8. The van der Waals surface area contributed by atoms with E-state index in [0.717, 1.165) is 43.2 Å². The molecule has 2 aliphatic rings. The Hall–Kier alpha value is -1.56. The SMILES string of the molecule is CCOc1ccc2c(c1)[C@H](N1CCN(C)CC1)Cc1ccc(F)cc1S2. The first-order chi connectivity index (χ1) is 12.6. The van der Waals surface area contributed by atoms with Gasteiger partial charge in [-0.25, -0.2) is 4.39 Å². The van der Waals surface area contributed by atoms with Crippen LogP contribution in [0.4, 0.5) is 4.39 Å². The van der Waals surface area contributed by atoms with Crippen LogP contribution in [-0.2, 0) is 6.42 Å². The number of piperazine rings is 1. The molecular formula is C21H25FN2OS. The zero-order chi connectivity index (χ0) is 18.1. The van der Waals surface area contributed by atoms with E-state index >= 15 is 0 Å². The second-order valence-electron chi connectivity index (χ2n) is 7.05. The van der Waals surface area contributed by atoms with Crippen molar-refractivity contribution >= 4 is 11.8 Å². The summed E-state index contributed by atoms with van der Waals surface area (Å²) in [5.74, 6) is 0.755. The van der Waals surface area contributed by atoms with Gasteiger partial charge in [0.2, 0.25) is 0 Å². The molecule has 0 amide bonds. The van der Waals surface area contributed by atoms with Gasteiger partial charge in [0, 0.05) is 42.0 Å². The van der Waals surface area contributed by atoms with Crippen LogP contribution in [0.25, 0.3) is 0 Å². The van der Waals surface area contributed by atoms with Gasteiger partial charge in [0.05, 0.1) is 6.61 Å². The minimum atomic E-state index is -0.165. The molecule has 0 bridgehead atoms. The molecule has 0 radical (unpaired) electrons. The van der Waals surface area contributed by atoms with E-state index in [9.17, 15) is 4.39 Å². The molecule has 0 unspecified atom stereocenters. The summed E-state index contributed by atoms with van der Waals surface area (Å²) < 4.78 is 19.6. The highest BCUT2D eigenvalue weighted by Crippen LogP contribution is 2.44. The van der Waals surface area contributed by atoms with E-state index < -0.39 is 0 Å². The molecule has 2 aromatic rings. The third-order valence-electron chi connectivity index (χ3n) is 5.29. The number of nitrogens with zero attached hydrogens (tertiary/aromatic N) is 2. The van der Waals surface area contributed by atoms with Gasteiger partial charge in [0.1, 0.15) is 11.6 Å². The fourth-order valence-corrected chi connectivity index (χ4v) is 4.96. The van der Waals surface area contributed by atoms with Crippen LogP contribution < -0.4 is 4.74 Å². The van der Waals surface area contributed by atoms with Crippen molar-refractivity contribution in [3.05, 3.63) is 53.3 Å². The standard InChI is InChI=1S/C21H25FN2OS/c1-3-25-17-6-7-20-18(14-17)19(24-10-8-23(2)9-11-24)12-15-4-5-16(22)13-21(15)26-20/h4-7,13-14,19H,3,8-12H2,1-2H3/t19-/m1/s1. The lowest BCUT2D eigenvalue weighted by Crippen LogP contribution is -2.46. The molecule has 0 N–H and O–H groups in total. The highest BCUT2D eigenvalue weighted by Gasteiger charge is 2.30. The van der Waals surface area contributed by atoms with Crippen molar-refractivity contribution in [2.75, 3.05) is 39.8 Å². The molecule has 1 fully saturated rings. The second kappa shape index (κ2) is 7.59. The average molecular weight is 373 g/mol. The molecule has 4 rings (SSSR count). The summed E-state index contributed by atoms with van der Waals surface area (Å²) in [5.41, 5.74) is 2.54. The van der Waals surface area contributed by atoms with Crippen LogP contribution in [0.3, 0.4) is 0 Å². The number of benzene rings is 2. The van der Waals surface area contributed by atoms with Crippen LogP contribution in [0.15, 0.2) is 46.2 Å². The monoisotopic (exact) mass is 372 g/mol. The van der Waals surface area contributed by atoms with Gasteiger partial charge in [-0.05, 0) is 61.9 Å². The lowest BCUT2D eigenvalue weighted by molar-refractivity contribution is 0.109. The van der Waals surface area contributed by atoms with E-state index in [0.29, 0.717) is 12.6 Å². The van der Waals surface area contributed by atoms with Crippen molar-refractivity contribution in [2.24, 2.45) is 0 Å². The van der Waals surface area contributed by atoms with Crippen LogP contribution in [0.2, 0.25) is 0 Å². The molecule has 0 saturated carbocycles. The van der Waals surface area contributed by atoms with Crippen LogP contribution >= 0.6 is 11.8 Å². The second-order valence-corrected chi connectivity index (χ2v) is 8.13. The van der Waals surface area contributed by atoms with Crippen LogP contribution in [-0.4, -0.2) is 49.6 Å². The number of fused-ring (bicyclic) bond motifs is 2. The molecule has 138 valence electrons. The van der Waals surface area contributed by atoms with Gasteiger partial charge in [-0.1, -0.05) is 17.8 Å². The normalized spacial score (nSPS) is 21.0. The Labute approximate surface area is 159 Å². The Morgan fingerprint density at radius 3 is 2.65 bits per heavy atom. The summed E-state index contributed by atoms with van der Waals surface area (Å²) >= 11 is 1.68. The van der Waals surface area contributed by atoms with E-state index in [4.69, 9.17) is 4.74 Å².